The lowest BCUT2D eigenvalue weighted by atomic mass is 9.92. The topological polar surface area (TPSA) is 32.7 Å². The standard InChI is InChI=1S/C19H31NO2/c1-14(2)17-5-7-19(8-6-17)22-13-18(21)12-20-10-15(3)9-16(4)11-20/h5-8,14-16,18,21H,9-13H2,1-4H3/t15-,16-,18+/m1/s1. The van der Waals surface area contributed by atoms with Gasteiger partial charge in [-0.25, -0.2) is 0 Å². The lowest BCUT2D eigenvalue weighted by Gasteiger charge is -2.35. The molecule has 22 heavy (non-hydrogen) atoms. The van der Waals surface area contributed by atoms with E-state index in [4.69, 9.17) is 4.74 Å². The van der Waals surface area contributed by atoms with Gasteiger partial charge in [-0.2, -0.15) is 0 Å². The third-order valence-corrected chi connectivity index (χ3v) is 4.40. The molecular weight excluding hydrogens is 274 g/mol. The fourth-order valence-electron chi connectivity index (χ4n) is 3.43. The van der Waals surface area contributed by atoms with Crippen molar-refractivity contribution in [3.63, 3.8) is 0 Å². The second-order valence-electron chi connectivity index (χ2n) is 7.35. The number of nitrogens with zero attached hydrogens (tertiary/aromatic N) is 1. The molecule has 0 unspecified atom stereocenters. The Morgan fingerprint density at radius 2 is 1.73 bits per heavy atom. The maximum Gasteiger partial charge on any atom is 0.119 e. The molecule has 0 bridgehead atoms. The van der Waals surface area contributed by atoms with E-state index in [1.165, 1.54) is 12.0 Å². The van der Waals surface area contributed by atoms with Crippen LogP contribution in [0.3, 0.4) is 0 Å². The maximum absolute atomic E-state index is 10.2. The molecule has 0 aliphatic carbocycles. The highest BCUT2D eigenvalue weighted by atomic mass is 16.5. The van der Waals surface area contributed by atoms with Gasteiger partial charge >= 0.3 is 0 Å². The molecule has 0 amide bonds. The van der Waals surface area contributed by atoms with Crippen molar-refractivity contribution in [2.75, 3.05) is 26.2 Å². The van der Waals surface area contributed by atoms with Crippen molar-refractivity contribution in [3.8, 4) is 5.75 Å². The van der Waals surface area contributed by atoms with Crippen LogP contribution in [0.5, 0.6) is 5.75 Å². The van der Waals surface area contributed by atoms with Gasteiger partial charge in [0.1, 0.15) is 18.5 Å². The summed E-state index contributed by atoms with van der Waals surface area (Å²) in [4.78, 5) is 2.37. The molecule has 0 aromatic heterocycles. The first kappa shape index (κ1) is 17.3. The molecule has 1 aromatic carbocycles. The third-order valence-electron chi connectivity index (χ3n) is 4.40. The van der Waals surface area contributed by atoms with Gasteiger partial charge in [0.2, 0.25) is 0 Å². The Kier molecular flexibility index (Phi) is 6.27. The van der Waals surface area contributed by atoms with Crippen LogP contribution in [0, 0.1) is 11.8 Å². The Labute approximate surface area is 135 Å². The van der Waals surface area contributed by atoms with Crippen molar-refractivity contribution in [1.82, 2.24) is 4.90 Å². The van der Waals surface area contributed by atoms with E-state index in [9.17, 15) is 5.11 Å². The van der Waals surface area contributed by atoms with Gasteiger partial charge < -0.3 is 14.7 Å². The third kappa shape index (κ3) is 5.29. The normalized spacial score (nSPS) is 24.5. The average Bonchev–Trinajstić information content (AvgIpc) is 2.44. The molecule has 1 aromatic rings. The van der Waals surface area contributed by atoms with Gasteiger partial charge in [-0.05, 0) is 41.9 Å². The molecule has 2 rings (SSSR count). The zero-order valence-electron chi connectivity index (χ0n) is 14.5. The minimum Gasteiger partial charge on any atom is -0.491 e. The molecule has 1 heterocycles. The van der Waals surface area contributed by atoms with Gasteiger partial charge in [-0.1, -0.05) is 39.8 Å². The first-order valence-electron chi connectivity index (χ1n) is 8.57. The Hall–Kier alpha value is -1.06. The average molecular weight is 305 g/mol. The van der Waals surface area contributed by atoms with Crippen molar-refractivity contribution in [2.45, 2.75) is 46.1 Å². The van der Waals surface area contributed by atoms with Gasteiger partial charge in [0.25, 0.3) is 0 Å². The van der Waals surface area contributed by atoms with E-state index in [2.05, 4.69) is 44.7 Å². The van der Waals surface area contributed by atoms with Crippen molar-refractivity contribution in [2.24, 2.45) is 11.8 Å². The Morgan fingerprint density at radius 1 is 1.14 bits per heavy atom. The minimum atomic E-state index is -0.428. The second kappa shape index (κ2) is 7.98. The van der Waals surface area contributed by atoms with Crippen molar-refractivity contribution in [1.29, 1.82) is 0 Å². The Morgan fingerprint density at radius 3 is 2.27 bits per heavy atom. The summed E-state index contributed by atoms with van der Waals surface area (Å²) in [6, 6.07) is 8.18. The maximum atomic E-state index is 10.2. The van der Waals surface area contributed by atoms with Crippen molar-refractivity contribution >= 4 is 0 Å². The molecule has 1 aliphatic rings. The SMILES string of the molecule is CC(C)c1ccc(OC[C@@H](O)CN2C[C@H](C)C[C@@H](C)C2)cc1. The quantitative estimate of drug-likeness (QED) is 0.873. The van der Waals surface area contributed by atoms with E-state index in [-0.39, 0.29) is 0 Å². The largest absolute Gasteiger partial charge is 0.491 e. The molecular formula is C19H31NO2. The van der Waals surface area contributed by atoms with Crippen LogP contribution in [-0.4, -0.2) is 42.4 Å². The summed E-state index contributed by atoms with van der Waals surface area (Å²) in [5.74, 6) is 2.81. The van der Waals surface area contributed by atoms with Gasteiger partial charge in [-0.3, -0.25) is 0 Å². The van der Waals surface area contributed by atoms with Crippen LogP contribution in [0.1, 0.15) is 45.6 Å². The second-order valence-corrected chi connectivity index (χ2v) is 7.35. The lowest BCUT2D eigenvalue weighted by Crippen LogP contribution is -2.43. The number of aliphatic hydroxyl groups is 1. The number of benzene rings is 1. The summed E-state index contributed by atoms with van der Waals surface area (Å²) in [5.41, 5.74) is 1.31. The van der Waals surface area contributed by atoms with Crippen LogP contribution in [0.25, 0.3) is 0 Å². The summed E-state index contributed by atoms with van der Waals surface area (Å²) >= 11 is 0. The molecule has 1 aliphatic heterocycles. The summed E-state index contributed by atoms with van der Waals surface area (Å²) in [6.45, 7) is 12.2. The van der Waals surface area contributed by atoms with Crippen LogP contribution < -0.4 is 4.74 Å². The number of aliphatic hydroxyl groups excluding tert-OH is 1. The fraction of sp³-hybridized carbons (Fsp3) is 0.684. The molecule has 124 valence electrons. The molecule has 3 heteroatoms. The van der Waals surface area contributed by atoms with E-state index >= 15 is 0 Å². The molecule has 3 nitrogen and oxygen atoms in total. The van der Waals surface area contributed by atoms with Gasteiger partial charge in [0, 0.05) is 19.6 Å². The molecule has 0 saturated carbocycles. The van der Waals surface area contributed by atoms with Gasteiger partial charge in [0.15, 0.2) is 0 Å². The Bertz CT molecular complexity index is 433. The highest BCUT2D eigenvalue weighted by Crippen LogP contribution is 2.21. The summed E-state index contributed by atoms with van der Waals surface area (Å²) in [7, 11) is 0. The lowest BCUT2D eigenvalue weighted by molar-refractivity contribution is 0.0429. The number of β-amino-alcohol motifs (C(OH)–C–C–N with tert-alkyl or cyclic N) is 1. The number of rotatable bonds is 6. The zero-order chi connectivity index (χ0) is 16.1. The van der Waals surface area contributed by atoms with Gasteiger partial charge in [-0.15, -0.1) is 0 Å². The van der Waals surface area contributed by atoms with E-state index < -0.39 is 6.10 Å². The van der Waals surface area contributed by atoms with E-state index in [1.54, 1.807) is 0 Å². The number of ether oxygens (including phenoxy) is 1. The smallest absolute Gasteiger partial charge is 0.119 e. The van der Waals surface area contributed by atoms with Crippen LogP contribution >= 0.6 is 0 Å². The zero-order valence-corrected chi connectivity index (χ0v) is 14.5. The van der Waals surface area contributed by atoms with Crippen LogP contribution in [-0.2, 0) is 0 Å². The van der Waals surface area contributed by atoms with Crippen molar-refractivity contribution < 1.29 is 9.84 Å². The predicted molar refractivity (Wildman–Crippen MR) is 91.4 cm³/mol. The fourth-order valence-corrected chi connectivity index (χ4v) is 3.43. The first-order chi connectivity index (χ1) is 10.4. The molecule has 1 N–H and O–H groups in total. The predicted octanol–water partition coefficient (Wildman–Crippen LogP) is 3.53. The molecule has 0 spiro atoms. The molecule has 1 saturated heterocycles. The highest BCUT2D eigenvalue weighted by Gasteiger charge is 2.23. The number of likely N-dealkylation sites (tertiary alicyclic amines) is 1. The van der Waals surface area contributed by atoms with Gasteiger partial charge in [0.05, 0.1) is 0 Å². The Balaban J connectivity index is 1.76. The highest BCUT2D eigenvalue weighted by molar-refractivity contribution is 5.28. The number of hydrogen-bond donors (Lipinski definition) is 1. The number of piperidine rings is 1. The molecule has 1 fully saturated rings. The van der Waals surface area contributed by atoms with E-state index in [0.717, 1.165) is 30.7 Å². The molecule has 3 atom stereocenters. The van der Waals surface area contributed by atoms with Crippen LogP contribution in [0.4, 0.5) is 0 Å². The summed E-state index contributed by atoms with van der Waals surface area (Å²) < 4.78 is 5.72. The first-order valence-corrected chi connectivity index (χ1v) is 8.57. The molecule has 0 radical (unpaired) electrons. The van der Waals surface area contributed by atoms with E-state index in [1.807, 2.05) is 12.1 Å². The summed E-state index contributed by atoms with van der Waals surface area (Å²) in [6.07, 6.45) is 0.868. The number of hydrogen-bond acceptors (Lipinski definition) is 3. The van der Waals surface area contributed by atoms with Crippen molar-refractivity contribution in [3.05, 3.63) is 29.8 Å². The monoisotopic (exact) mass is 305 g/mol. The minimum absolute atomic E-state index is 0.361. The van der Waals surface area contributed by atoms with E-state index in [0.29, 0.717) is 19.1 Å². The van der Waals surface area contributed by atoms with Crippen LogP contribution in [0.2, 0.25) is 0 Å². The van der Waals surface area contributed by atoms with Crippen LogP contribution in [0.15, 0.2) is 24.3 Å². The summed E-state index contributed by atoms with van der Waals surface area (Å²) in [5, 5.41) is 10.2.